The Morgan fingerprint density at radius 3 is 2.38 bits per heavy atom. The molecule has 12 heteroatoms. The molecule has 0 unspecified atom stereocenters. The third-order valence-corrected chi connectivity index (χ3v) is 7.55. The summed E-state index contributed by atoms with van der Waals surface area (Å²) in [5, 5.41) is 4.39. The van der Waals surface area contributed by atoms with E-state index in [1.54, 1.807) is 30.3 Å². The van der Waals surface area contributed by atoms with Gasteiger partial charge in [0.1, 0.15) is 6.54 Å². The molecule has 0 aromatic heterocycles. The molecule has 3 aromatic carbocycles. The zero-order chi connectivity index (χ0) is 24.3. The lowest BCUT2D eigenvalue weighted by Gasteiger charge is -2.24. The van der Waals surface area contributed by atoms with Crippen molar-refractivity contribution in [1.82, 2.24) is 5.43 Å². The number of hydrazone groups is 1. The molecule has 1 aliphatic rings. The van der Waals surface area contributed by atoms with Crippen LogP contribution in [-0.4, -0.2) is 33.9 Å². The number of hydrogen-bond donors (Lipinski definition) is 1. The molecule has 0 saturated heterocycles. The summed E-state index contributed by atoms with van der Waals surface area (Å²) in [6.45, 7) is -0.439. The number of anilines is 1. The summed E-state index contributed by atoms with van der Waals surface area (Å²) in [5.74, 6) is 0.465. The van der Waals surface area contributed by atoms with Crippen molar-refractivity contribution in [2.75, 3.05) is 17.6 Å². The number of amides is 1. The van der Waals surface area contributed by atoms with E-state index in [9.17, 15) is 13.2 Å². The van der Waals surface area contributed by atoms with Gasteiger partial charge in [-0.1, -0.05) is 41.4 Å². The number of sulfonamides is 1. The lowest BCUT2D eigenvalue weighted by atomic mass is 10.2. The van der Waals surface area contributed by atoms with Crippen molar-refractivity contribution in [2.24, 2.45) is 5.10 Å². The van der Waals surface area contributed by atoms with E-state index >= 15 is 0 Å². The highest BCUT2D eigenvalue weighted by molar-refractivity contribution is 9.10. The number of nitrogens with zero attached hydrogens (tertiary/aromatic N) is 2. The Labute approximate surface area is 214 Å². The van der Waals surface area contributed by atoms with Crippen molar-refractivity contribution in [3.8, 4) is 11.5 Å². The van der Waals surface area contributed by atoms with Crippen LogP contribution >= 0.6 is 39.1 Å². The molecule has 1 heterocycles. The highest BCUT2D eigenvalue weighted by Gasteiger charge is 2.27. The van der Waals surface area contributed by atoms with Gasteiger partial charge in [-0.3, -0.25) is 9.10 Å². The van der Waals surface area contributed by atoms with Crippen LogP contribution in [0.5, 0.6) is 11.5 Å². The Hall–Kier alpha value is -2.79. The highest BCUT2D eigenvalue weighted by atomic mass is 79.9. The average molecular weight is 585 g/mol. The second-order valence-electron chi connectivity index (χ2n) is 6.97. The van der Waals surface area contributed by atoms with Gasteiger partial charge < -0.3 is 9.47 Å². The fraction of sp³-hybridized carbons (Fsp3) is 0.0909. The summed E-state index contributed by atoms with van der Waals surface area (Å²) in [4.78, 5) is 12.7. The van der Waals surface area contributed by atoms with E-state index in [2.05, 4.69) is 26.5 Å². The molecule has 0 radical (unpaired) electrons. The standard InChI is InChI=1S/C22H16BrCl2N3O5S/c23-19-10-21-20(32-13-33-21)6-14(19)11-26-27-22(29)12-28(17-8-15(24)7-16(25)9-17)34(30,31)18-4-2-1-3-5-18/h1-11H,12-13H2,(H,27,29)/b26-11-. The van der Waals surface area contributed by atoms with E-state index in [1.807, 2.05) is 0 Å². The third-order valence-electron chi connectivity index (χ3n) is 4.64. The maximum absolute atomic E-state index is 13.3. The summed E-state index contributed by atoms with van der Waals surface area (Å²) < 4.78 is 38.9. The number of fused-ring (bicyclic) bond motifs is 1. The van der Waals surface area contributed by atoms with Gasteiger partial charge >= 0.3 is 0 Å². The number of halogens is 3. The number of carbonyl (C=O) groups excluding carboxylic acids is 1. The zero-order valence-electron chi connectivity index (χ0n) is 17.2. The molecule has 34 heavy (non-hydrogen) atoms. The van der Waals surface area contributed by atoms with Gasteiger partial charge in [-0.2, -0.15) is 5.10 Å². The van der Waals surface area contributed by atoms with Crippen LogP contribution in [0.4, 0.5) is 5.69 Å². The van der Waals surface area contributed by atoms with Crippen molar-refractivity contribution in [1.29, 1.82) is 0 Å². The van der Waals surface area contributed by atoms with Crippen molar-refractivity contribution in [3.63, 3.8) is 0 Å². The minimum atomic E-state index is -4.11. The van der Waals surface area contributed by atoms with E-state index < -0.39 is 22.5 Å². The minimum Gasteiger partial charge on any atom is -0.454 e. The van der Waals surface area contributed by atoms with E-state index in [1.165, 1.54) is 36.5 Å². The first-order valence-corrected chi connectivity index (χ1v) is 12.7. The van der Waals surface area contributed by atoms with E-state index in [0.717, 1.165) is 4.31 Å². The molecule has 0 fully saturated rings. The highest BCUT2D eigenvalue weighted by Crippen LogP contribution is 2.36. The molecule has 0 aliphatic carbocycles. The Balaban J connectivity index is 1.57. The number of benzene rings is 3. The van der Waals surface area contributed by atoms with Gasteiger partial charge in [-0.25, -0.2) is 13.8 Å². The van der Waals surface area contributed by atoms with E-state index in [4.69, 9.17) is 32.7 Å². The molecule has 1 aliphatic heterocycles. The number of hydrogen-bond acceptors (Lipinski definition) is 6. The molecule has 3 aromatic rings. The maximum atomic E-state index is 13.3. The lowest BCUT2D eigenvalue weighted by Crippen LogP contribution is -2.39. The number of nitrogens with one attached hydrogen (secondary N) is 1. The lowest BCUT2D eigenvalue weighted by molar-refractivity contribution is -0.119. The Kier molecular flexibility index (Phi) is 7.32. The molecule has 4 rings (SSSR count). The predicted octanol–water partition coefficient (Wildman–Crippen LogP) is 4.83. The Bertz CT molecular complexity index is 1350. The van der Waals surface area contributed by atoms with E-state index in [0.29, 0.717) is 21.5 Å². The van der Waals surface area contributed by atoms with Gasteiger partial charge in [-0.15, -0.1) is 0 Å². The largest absolute Gasteiger partial charge is 0.454 e. The van der Waals surface area contributed by atoms with Crippen LogP contribution < -0.4 is 19.2 Å². The zero-order valence-corrected chi connectivity index (χ0v) is 21.2. The second-order valence-corrected chi connectivity index (χ2v) is 10.6. The summed E-state index contributed by atoms with van der Waals surface area (Å²) in [6, 6.07) is 15.4. The molecule has 0 saturated carbocycles. The van der Waals surface area contributed by atoms with Gasteiger partial charge in [0.05, 0.1) is 16.8 Å². The molecule has 0 spiro atoms. The van der Waals surface area contributed by atoms with Gasteiger partial charge in [0, 0.05) is 20.1 Å². The van der Waals surface area contributed by atoms with Gasteiger partial charge in [0.2, 0.25) is 6.79 Å². The molecule has 1 amide bonds. The van der Waals surface area contributed by atoms with Gasteiger partial charge in [-0.05, 0) is 58.4 Å². The monoisotopic (exact) mass is 583 g/mol. The van der Waals surface area contributed by atoms with Crippen LogP contribution in [0, 0.1) is 0 Å². The third kappa shape index (κ3) is 5.47. The Morgan fingerprint density at radius 1 is 1.06 bits per heavy atom. The fourth-order valence-electron chi connectivity index (χ4n) is 3.09. The van der Waals surface area contributed by atoms with Crippen molar-refractivity contribution < 1.29 is 22.7 Å². The quantitative estimate of drug-likeness (QED) is 0.317. The summed E-state index contributed by atoms with van der Waals surface area (Å²) in [6.07, 6.45) is 1.40. The van der Waals surface area contributed by atoms with Crippen LogP contribution in [0.15, 0.2) is 75.1 Å². The first-order chi connectivity index (χ1) is 16.2. The van der Waals surface area contributed by atoms with Gasteiger partial charge in [0.25, 0.3) is 15.9 Å². The number of carbonyl (C=O) groups is 1. The summed E-state index contributed by atoms with van der Waals surface area (Å²) >= 11 is 15.6. The minimum absolute atomic E-state index is 0.00619. The van der Waals surface area contributed by atoms with Crippen LogP contribution in [0.25, 0.3) is 0 Å². The average Bonchev–Trinajstić information content (AvgIpc) is 3.24. The molecule has 1 N–H and O–H groups in total. The molecule has 0 bridgehead atoms. The molecular formula is C22H16BrCl2N3O5S. The van der Waals surface area contributed by atoms with Crippen LogP contribution in [-0.2, 0) is 14.8 Å². The second kappa shape index (κ2) is 10.2. The van der Waals surface area contributed by atoms with Gasteiger partial charge in [0.15, 0.2) is 11.5 Å². The molecule has 8 nitrogen and oxygen atoms in total. The normalized spacial score (nSPS) is 12.7. The maximum Gasteiger partial charge on any atom is 0.264 e. The topological polar surface area (TPSA) is 97.3 Å². The number of ether oxygens (including phenoxy) is 2. The molecule has 0 atom stereocenters. The number of rotatable bonds is 7. The van der Waals surface area contributed by atoms with Crippen molar-refractivity contribution in [2.45, 2.75) is 4.90 Å². The molecule has 176 valence electrons. The first kappa shape index (κ1) is 24.3. The van der Waals surface area contributed by atoms with E-state index in [-0.39, 0.29) is 27.4 Å². The predicted molar refractivity (Wildman–Crippen MR) is 133 cm³/mol. The molecular weight excluding hydrogens is 569 g/mol. The first-order valence-electron chi connectivity index (χ1n) is 9.69. The van der Waals surface area contributed by atoms with Crippen LogP contribution in [0.3, 0.4) is 0 Å². The smallest absolute Gasteiger partial charge is 0.264 e. The van der Waals surface area contributed by atoms with Crippen molar-refractivity contribution in [3.05, 3.63) is 80.7 Å². The van der Waals surface area contributed by atoms with Crippen LogP contribution in [0.1, 0.15) is 5.56 Å². The van der Waals surface area contributed by atoms with Crippen molar-refractivity contribution >= 4 is 67.0 Å². The SMILES string of the molecule is O=C(CN(c1cc(Cl)cc(Cl)c1)S(=O)(=O)c1ccccc1)N/N=C\c1cc2c(cc1Br)OCO2. The van der Waals surface area contributed by atoms with Crippen LogP contribution in [0.2, 0.25) is 10.0 Å². The summed E-state index contributed by atoms with van der Waals surface area (Å²) in [7, 11) is -4.11. The fourth-order valence-corrected chi connectivity index (χ4v) is 5.45. The Morgan fingerprint density at radius 2 is 1.71 bits per heavy atom. The summed E-state index contributed by atoms with van der Waals surface area (Å²) in [5.41, 5.74) is 3.11.